The molecule has 2 aromatic rings. The highest BCUT2D eigenvalue weighted by molar-refractivity contribution is 6.31. The molecule has 0 saturated carbocycles. The third-order valence-electron chi connectivity index (χ3n) is 2.17. The van der Waals surface area contributed by atoms with Gasteiger partial charge in [-0.2, -0.15) is 0 Å². The van der Waals surface area contributed by atoms with Gasteiger partial charge in [0.25, 0.3) is 0 Å². The smallest absolute Gasteiger partial charge is 0.0735 e. The number of fused-ring (bicyclic) bond motifs is 1. The lowest BCUT2D eigenvalue weighted by Crippen LogP contribution is -2.03. The summed E-state index contributed by atoms with van der Waals surface area (Å²) in [5, 5.41) is 1.74. The fraction of sp³-hybridized carbons (Fsp3) is 0.182. The Kier molecular flexibility index (Phi) is 2.66. The molecule has 1 heterocycles. The zero-order valence-electron chi connectivity index (χ0n) is 7.70. The van der Waals surface area contributed by atoms with Crippen LogP contribution in [-0.2, 0) is 6.42 Å². The Hall–Kier alpha value is -1.12. The summed E-state index contributed by atoms with van der Waals surface area (Å²) in [6.07, 6.45) is 2.52. The summed E-state index contributed by atoms with van der Waals surface area (Å²) in [4.78, 5) is 4.31. The van der Waals surface area contributed by atoms with Crippen LogP contribution in [0.1, 0.15) is 5.56 Å². The van der Waals surface area contributed by atoms with Gasteiger partial charge in [-0.05, 0) is 24.6 Å². The lowest BCUT2D eigenvalue weighted by molar-refractivity contribution is 0.973. The van der Waals surface area contributed by atoms with Gasteiger partial charge in [0.05, 0.1) is 10.5 Å². The first-order chi connectivity index (χ1) is 6.81. The molecule has 0 fully saturated rings. The van der Waals surface area contributed by atoms with Gasteiger partial charge >= 0.3 is 0 Å². The first-order valence-corrected chi connectivity index (χ1v) is 4.92. The van der Waals surface area contributed by atoms with E-state index in [0.717, 1.165) is 17.3 Å². The van der Waals surface area contributed by atoms with Crippen LogP contribution in [0.15, 0.2) is 30.5 Å². The van der Waals surface area contributed by atoms with E-state index in [1.54, 1.807) is 6.20 Å². The van der Waals surface area contributed by atoms with E-state index in [2.05, 4.69) is 11.1 Å². The Morgan fingerprint density at radius 1 is 1.36 bits per heavy atom. The average Bonchev–Trinajstić information content (AvgIpc) is 2.18. The lowest BCUT2D eigenvalue weighted by atomic mass is 10.1. The van der Waals surface area contributed by atoms with Crippen molar-refractivity contribution >= 4 is 22.5 Å². The van der Waals surface area contributed by atoms with Crippen molar-refractivity contribution in [2.45, 2.75) is 6.42 Å². The van der Waals surface area contributed by atoms with Gasteiger partial charge in [0.2, 0.25) is 0 Å². The van der Waals surface area contributed by atoms with E-state index >= 15 is 0 Å². The summed E-state index contributed by atoms with van der Waals surface area (Å²) >= 11 is 5.86. The van der Waals surface area contributed by atoms with Gasteiger partial charge in [0.15, 0.2) is 0 Å². The van der Waals surface area contributed by atoms with Crippen LogP contribution in [-0.4, -0.2) is 11.5 Å². The summed E-state index contributed by atoms with van der Waals surface area (Å²) < 4.78 is 0. The summed E-state index contributed by atoms with van der Waals surface area (Å²) in [6.45, 7) is 0.642. The predicted molar refractivity (Wildman–Crippen MR) is 59.5 cm³/mol. The first-order valence-electron chi connectivity index (χ1n) is 4.54. The Morgan fingerprint density at radius 3 is 3.00 bits per heavy atom. The third-order valence-corrected chi connectivity index (χ3v) is 2.38. The number of benzene rings is 1. The minimum absolute atomic E-state index is 0.642. The molecule has 2 N–H and O–H groups in total. The van der Waals surface area contributed by atoms with Crippen molar-refractivity contribution in [1.82, 2.24) is 4.98 Å². The lowest BCUT2D eigenvalue weighted by Gasteiger charge is -2.03. The molecule has 72 valence electrons. The van der Waals surface area contributed by atoms with Crippen molar-refractivity contribution in [1.29, 1.82) is 0 Å². The van der Waals surface area contributed by atoms with Crippen LogP contribution in [0.25, 0.3) is 10.9 Å². The number of nitrogens with two attached hydrogens (primary N) is 1. The van der Waals surface area contributed by atoms with Crippen LogP contribution >= 0.6 is 11.6 Å². The van der Waals surface area contributed by atoms with Crippen molar-refractivity contribution in [3.63, 3.8) is 0 Å². The van der Waals surface area contributed by atoms with E-state index in [1.165, 1.54) is 5.56 Å². The summed E-state index contributed by atoms with van der Waals surface area (Å²) in [6, 6.07) is 7.99. The maximum Gasteiger partial charge on any atom is 0.0735 e. The molecular weight excluding hydrogens is 196 g/mol. The Labute approximate surface area is 87.7 Å². The van der Waals surface area contributed by atoms with E-state index in [4.69, 9.17) is 17.3 Å². The molecule has 3 heteroatoms. The average molecular weight is 207 g/mol. The Morgan fingerprint density at radius 2 is 2.21 bits per heavy atom. The standard InChI is InChI=1S/C11H11ClN2/c12-10-6-9-3-1-2-8(4-5-13)11(9)14-7-10/h1-3,6-7H,4-5,13H2. The minimum atomic E-state index is 0.642. The van der Waals surface area contributed by atoms with Crippen LogP contribution < -0.4 is 5.73 Å². The molecule has 0 spiro atoms. The molecule has 14 heavy (non-hydrogen) atoms. The number of hydrogen-bond donors (Lipinski definition) is 1. The molecule has 2 nitrogen and oxygen atoms in total. The largest absolute Gasteiger partial charge is 0.330 e. The van der Waals surface area contributed by atoms with Gasteiger partial charge in [0.1, 0.15) is 0 Å². The molecule has 0 saturated heterocycles. The fourth-order valence-corrected chi connectivity index (χ4v) is 1.72. The zero-order chi connectivity index (χ0) is 9.97. The van der Waals surface area contributed by atoms with E-state index < -0.39 is 0 Å². The molecule has 1 aromatic heterocycles. The number of hydrogen-bond acceptors (Lipinski definition) is 2. The second-order valence-corrected chi connectivity index (χ2v) is 3.62. The second-order valence-electron chi connectivity index (χ2n) is 3.18. The molecule has 0 amide bonds. The topological polar surface area (TPSA) is 38.9 Å². The molecule has 0 aliphatic carbocycles. The molecule has 0 unspecified atom stereocenters. The van der Waals surface area contributed by atoms with Crippen LogP contribution in [0.2, 0.25) is 5.02 Å². The Balaban J connectivity index is 2.62. The van der Waals surface area contributed by atoms with Gasteiger partial charge in [-0.25, -0.2) is 0 Å². The number of rotatable bonds is 2. The molecule has 0 atom stereocenters. The number of pyridine rings is 1. The zero-order valence-corrected chi connectivity index (χ0v) is 8.46. The number of para-hydroxylation sites is 1. The van der Waals surface area contributed by atoms with Gasteiger partial charge in [-0.1, -0.05) is 29.8 Å². The SMILES string of the molecule is NCCc1cccc2cc(Cl)cnc12. The van der Waals surface area contributed by atoms with Crippen molar-refractivity contribution in [3.05, 3.63) is 41.0 Å². The highest BCUT2D eigenvalue weighted by atomic mass is 35.5. The van der Waals surface area contributed by atoms with Crippen LogP contribution in [0, 0.1) is 0 Å². The normalized spacial score (nSPS) is 10.7. The summed E-state index contributed by atoms with van der Waals surface area (Å²) in [5.41, 5.74) is 7.71. The molecule has 0 radical (unpaired) electrons. The molecule has 2 rings (SSSR count). The summed E-state index contributed by atoms with van der Waals surface area (Å²) in [5.74, 6) is 0. The molecule has 0 aliphatic heterocycles. The van der Waals surface area contributed by atoms with Crippen molar-refractivity contribution in [2.75, 3.05) is 6.54 Å². The van der Waals surface area contributed by atoms with Gasteiger partial charge < -0.3 is 5.73 Å². The van der Waals surface area contributed by atoms with E-state index in [0.29, 0.717) is 11.6 Å². The van der Waals surface area contributed by atoms with E-state index in [-0.39, 0.29) is 0 Å². The highest BCUT2D eigenvalue weighted by Gasteiger charge is 2.01. The van der Waals surface area contributed by atoms with Gasteiger partial charge in [0, 0.05) is 11.6 Å². The fourth-order valence-electron chi connectivity index (χ4n) is 1.55. The maximum absolute atomic E-state index is 5.86. The van der Waals surface area contributed by atoms with E-state index in [9.17, 15) is 0 Å². The van der Waals surface area contributed by atoms with Crippen molar-refractivity contribution in [2.24, 2.45) is 5.73 Å². The number of aromatic nitrogens is 1. The van der Waals surface area contributed by atoms with Crippen molar-refractivity contribution < 1.29 is 0 Å². The van der Waals surface area contributed by atoms with Gasteiger partial charge in [-0.3, -0.25) is 4.98 Å². The summed E-state index contributed by atoms with van der Waals surface area (Å²) in [7, 11) is 0. The van der Waals surface area contributed by atoms with E-state index in [1.807, 2.05) is 18.2 Å². The highest BCUT2D eigenvalue weighted by Crippen LogP contribution is 2.19. The molecular formula is C11H11ClN2. The quantitative estimate of drug-likeness (QED) is 0.820. The second kappa shape index (κ2) is 3.95. The van der Waals surface area contributed by atoms with Crippen LogP contribution in [0.3, 0.4) is 0 Å². The third kappa shape index (κ3) is 1.72. The van der Waals surface area contributed by atoms with Crippen LogP contribution in [0.4, 0.5) is 0 Å². The number of nitrogens with zero attached hydrogens (tertiary/aromatic N) is 1. The maximum atomic E-state index is 5.86. The van der Waals surface area contributed by atoms with Gasteiger partial charge in [-0.15, -0.1) is 0 Å². The van der Waals surface area contributed by atoms with Crippen LogP contribution in [0.5, 0.6) is 0 Å². The first kappa shape index (κ1) is 9.44. The predicted octanol–water partition coefficient (Wildman–Crippen LogP) is 2.39. The number of halogens is 1. The van der Waals surface area contributed by atoms with Crippen molar-refractivity contribution in [3.8, 4) is 0 Å². The Bertz CT molecular complexity index is 454. The monoisotopic (exact) mass is 206 g/mol. The minimum Gasteiger partial charge on any atom is -0.330 e. The molecule has 0 aliphatic rings. The molecule has 1 aromatic carbocycles. The molecule has 0 bridgehead atoms.